The van der Waals surface area contributed by atoms with Gasteiger partial charge in [0, 0.05) is 31.0 Å². The Morgan fingerprint density at radius 2 is 2.07 bits per heavy atom. The highest BCUT2D eigenvalue weighted by atomic mass is 16.7. The second kappa shape index (κ2) is 10.4. The van der Waals surface area contributed by atoms with Gasteiger partial charge in [0.05, 0.1) is 11.3 Å². The predicted octanol–water partition coefficient (Wildman–Crippen LogP) is 3.69. The van der Waals surface area contributed by atoms with Gasteiger partial charge >= 0.3 is 0 Å². The molecule has 2 N–H and O–H groups in total. The first kappa shape index (κ1) is 19.8. The minimum absolute atomic E-state index is 0.146. The van der Waals surface area contributed by atoms with Crippen molar-refractivity contribution >= 4 is 17.3 Å². The van der Waals surface area contributed by atoms with E-state index < -0.39 is 0 Å². The normalized spacial score (nSPS) is 15.6. The summed E-state index contributed by atoms with van der Waals surface area (Å²) in [4.78, 5) is 27.2. The van der Waals surface area contributed by atoms with Crippen molar-refractivity contribution in [3.05, 3.63) is 59.9 Å². The van der Waals surface area contributed by atoms with Crippen molar-refractivity contribution in [2.45, 2.75) is 45.3 Å². The summed E-state index contributed by atoms with van der Waals surface area (Å²) < 4.78 is 0. The average molecular weight is 382 g/mol. The number of hydrogen-bond donors (Lipinski definition) is 2. The number of rotatable bonds is 10. The summed E-state index contributed by atoms with van der Waals surface area (Å²) in [6.45, 7) is 3.01. The zero-order chi connectivity index (χ0) is 19.6. The Hall–Kier alpha value is -2.93. The van der Waals surface area contributed by atoms with Gasteiger partial charge in [-0.25, -0.2) is 5.48 Å². The lowest BCUT2D eigenvalue weighted by atomic mass is 10.1. The first-order chi connectivity index (χ1) is 13.8. The molecule has 0 saturated carbocycles. The van der Waals surface area contributed by atoms with Crippen LogP contribution in [-0.2, 0) is 16.2 Å². The molecule has 0 bridgehead atoms. The summed E-state index contributed by atoms with van der Waals surface area (Å²) in [5.41, 5.74) is 5.90. The molecule has 0 radical (unpaired) electrons. The van der Waals surface area contributed by atoms with Gasteiger partial charge in [0.1, 0.15) is 6.61 Å². The quantitative estimate of drug-likeness (QED) is 0.612. The third-order valence-corrected chi connectivity index (χ3v) is 4.45. The number of hydroxylamine groups is 1. The molecular formula is C21H26N4O3. The Morgan fingerprint density at radius 3 is 2.89 bits per heavy atom. The van der Waals surface area contributed by atoms with Gasteiger partial charge in [0.25, 0.3) is 5.91 Å². The van der Waals surface area contributed by atoms with E-state index in [4.69, 9.17) is 9.68 Å². The fourth-order valence-electron chi connectivity index (χ4n) is 2.89. The van der Waals surface area contributed by atoms with Crippen LogP contribution >= 0.6 is 0 Å². The summed E-state index contributed by atoms with van der Waals surface area (Å²) in [6, 6.07) is 11.2. The van der Waals surface area contributed by atoms with E-state index in [-0.39, 0.29) is 18.6 Å². The standard InChI is InChI=1S/C21H26N4O3/c1-2-3-6-17-13-18(28-24-17)15-27-25-21(26)19-7-4-5-8-20(19)23-14-16-9-11-22-12-10-16/h4-5,7-12,18,23H,2-3,6,13-15H2,1H3,(H,25,26). The van der Waals surface area contributed by atoms with Crippen molar-refractivity contribution in [2.24, 2.45) is 5.16 Å². The van der Waals surface area contributed by atoms with Crippen molar-refractivity contribution < 1.29 is 14.5 Å². The molecule has 1 unspecified atom stereocenters. The van der Waals surface area contributed by atoms with Gasteiger partial charge in [-0.3, -0.25) is 14.6 Å². The second-order valence-electron chi connectivity index (χ2n) is 6.69. The van der Waals surface area contributed by atoms with Crippen LogP contribution in [0.1, 0.15) is 48.5 Å². The summed E-state index contributed by atoms with van der Waals surface area (Å²) in [5, 5.41) is 7.37. The maximum atomic E-state index is 12.5. The first-order valence-corrected chi connectivity index (χ1v) is 9.61. The largest absolute Gasteiger partial charge is 0.390 e. The molecule has 0 aliphatic carbocycles. The van der Waals surface area contributed by atoms with Crippen LogP contribution in [0.4, 0.5) is 5.69 Å². The maximum Gasteiger partial charge on any atom is 0.276 e. The fourth-order valence-corrected chi connectivity index (χ4v) is 2.89. The van der Waals surface area contributed by atoms with Crippen LogP contribution in [0.25, 0.3) is 0 Å². The number of aromatic nitrogens is 1. The molecule has 2 aromatic rings. The van der Waals surface area contributed by atoms with Crippen molar-refractivity contribution in [2.75, 3.05) is 11.9 Å². The van der Waals surface area contributed by atoms with Crippen LogP contribution < -0.4 is 10.8 Å². The summed E-state index contributed by atoms with van der Waals surface area (Å²) >= 11 is 0. The predicted molar refractivity (Wildman–Crippen MR) is 108 cm³/mol. The molecule has 0 saturated heterocycles. The molecule has 1 aliphatic rings. The number of anilines is 1. The SMILES string of the molecule is CCCCC1=NOC(CONC(=O)c2ccccc2NCc2ccncc2)C1. The third kappa shape index (κ3) is 5.79. The highest BCUT2D eigenvalue weighted by Gasteiger charge is 2.21. The zero-order valence-corrected chi connectivity index (χ0v) is 16.1. The summed E-state index contributed by atoms with van der Waals surface area (Å²) in [6.07, 6.45) is 7.28. The number of nitrogens with one attached hydrogen (secondary N) is 2. The number of hydrogen-bond acceptors (Lipinski definition) is 6. The minimum atomic E-state index is -0.303. The smallest absolute Gasteiger partial charge is 0.276 e. The van der Waals surface area contributed by atoms with Crippen LogP contribution in [0, 0.1) is 0 Å². The molecule has 148 valence electrons. The van der Waals surface area contributed by atoms with Crippen LogP contribution in [0.5, 0.6) is 0 Å². The summed E-state index contributed by atoms with van der Waals surface area (Å²) in [5.74, 6) is -0.303. The molecule has 2 heterocycles. The topological polar surface area (TPSA) is 84.8 Å². The molecule has 0 spiro atoms. The Kier molecular flexibility index (Phi) is 7.37. The molecule has 3 rings (SSSR count). The number of benzene rings is 1. The molecule has 1 atom stereocenters. The number of unbranched alkanes of at least 4 members (excludes halogenated alkanes) is 1. The van der Waals surface area contributed by atoms with Gasteiger partial charge < -0.3 is 10.2 Å². The van der Waals surface area contributed by atoms with E-state index in [0.717, 1.165) is 42.6 Å². The van der Waals surface area contributed by atoms with Crippen molar-refractivity contribution in [3.63, 3.8) is 0 Å². The van der Waals surface area contributed by atoms with E-state index in [0.29, 0.717) is 12.1 Å². The van der Waals surface area contributed by atoms with E-state index in [1.54, 1.807) is 18.5 Å². The summed E-state index contributed by atoms with van der Waals surface area (Å²) in [7, 11) is 0. The molecule has 28 heavy (non-hydrogen) atoms. The monoisotopic (exact) mass is 382 g/mol. The molecule has 1 aliphatic heterocycles. The number of carbonyl (C=O) groups excluding carboxylic acids is 1. The number of pyridine rings is 1. The van der Waals surface area contributed by atoms with Gasteiger partial charge in [-0.1, -0.05) is 30.6 Å². The number of para-hydroxylation sites is 1. The first-order valence-electron chi connectivity index (χ1n) is 9.61. The molecule has 7 heteroatoms. The van der Waals surface area contributed by atoms with Crippen LogP contribution in [0.3, 0.4) is 0 Å². The Bertz CT molecular complexity index is 795. The number of oxime groups is 1. The average Bonchev–Trinajstić information content (AvgIpc) is 3.19. The number of amides is 1. The highest BCUT2D eigenvalue weighted by Crippen LogP contribution is 2.17. The van der Waals surface area contributed by atoms with Crippen LogP contribution in [-0.4, -0.2) is 29.3 Å². The lowest BCUT2D eigenvalue weighted by Gasteiger charge is -2.13. The van der Waals surface area contributed by atoms with E-state index in [1.165, 1.54) is 0 Å². The Labute approximate surface area is 165 Å². The van der Waals surface area contributed by atoms with Gasteiger partial charge in [0.2, 0.25) is 0 Å². The van der Waals surface area contributed by atoms with E-state index in [1.807, 2.05) is 30.3 Å². The molecule has 7 nitrogen and oxygen atoms in total. The van der Waals surface area contributed by atoms with E-state index >= 15 is 0 Å². The van der Waals surface area contributed by atoms with Gasteiger partial charge in [-0.15, -0.1) is 0 Å². The fraction of sp³-hybridized carbons (Fsp3) is 0.381. The zero-order valence-electron chi connectivity index (χ0n) is 16.1. The van der Waals surface area contributed by atoms with Crippen molar-refractivity contribution in [3.8, 4) is 0 Å². The minimum Gasteiger partial charge on any atom is -0.390 e. The van der Waals surface area contributed by atoms with Crippen LogP contribution in [0.2, 0.25) is 0 Å². The van der Waals surface area contributed by atoms with Crippen molar-refractivity contribution in [1.29, 1.82) is 0 Å². The van der Waals surface area contributed by atoms with E-state index in [2.05, 4.69) is 27.9 Å². The lowest BCUT2D eigenvalue weighted by molar-refractivity contribution is -0.0310. The Balaban J connectivity index is 1.46. The maximum absolute atomic E-state index is 12.5. The van der Waals surface area contributed by atoms with Crippen molar-refractivity contribution in [1.82, 2.24) is 10.5 Å². The lowest BCUT2D eigenvalue weighted by Crippen LogP contribution is -2.29. The molecule has 1 aromatic carbocycles. The molecule has 1 amide bonds. The number of nitrogens with zero attached hydrogens (tertiary/aromatic N) is 2. The van der Waals surface area contributed by atoms with Gasteiger partial charge in [0.15, 0.2) is 6.10 Å². The van der Waals surface area contributed by atoms with Crippen LogP contribution in [0.15, 0.2) is 53.9 Å². The van der Waals surface area contributed by atoms with Gasteiger partial charge in [-0.05, 0) is 42.7 Å². The highest BCUT2D eigenvalue weighted by molar-refractivity contribution is 5.99. The molecule has 0 fully saturated rings. The third-order valence-electron chi connectivity index (χ3n) is 4.45. The second-order valence-corrected chi connectivity index (χ2v) is 6.69. The van der Waals surface area contributed by atoms with E-state index in [9.17, 15) is 4.79 Å². The molecule has 1 aromatic heterocycles. The van der Waals surface area contributed by atoms with Gasteiger partial charge in [-0.2, -0.15) is 0 Å². The number of carbonyl (C=O) groups is 1. The Morgan fingerprint density at radius 1 is 1.25 bits per heavy atom. The molecular weight excluding hydrogens is 356 g/mol.